The van der Waals surface area contributed by atoms with E-state index < -0.39 is 39.0 Å². The zero-order valence-corrected chi connectivity index (χ0v) is 22.3. The summed E-state index contributed by atoms with van der Waals surface area (Å²) in [6, 6.07) is 5.91. The van der Waals surface area contributed by atoms with Crippen molar-refractivity contribution in [2.24, 2.45) is 5.14 Å². The molecule has 0 bridgehead atoms. The van der Waals surface area contributed by atoms with Gasteiger partial charge in [-0.2, -0.15) is 13.2 Å². The molecule has 1 aromatic heterocycles. The molecule has 1 aliphatic heterocycles. The number of hydrogen-bond donors (Lipinski definition) is 2. The minimum atomic E-state index is -4.70. The van der Waals surface area contributed by atoms with Crippen LogP contribution < -0.4 is 20.1 Å². The molecular weight excluding hydrogens is 533 g/mol. The fourth-order valence-corrected chi connectivity index (χ4v) is 4.92. The summed E-state index contributed by atoms with van der Waals surface area (Å²) in [5.41, 5.74) is -2.64. The van der Waals surface area contributed by atoms with E-state index in [4.69, 9.17) is 21.5 Å². The molecule has 2 unspecified atom stereocenters. The lowest BCUT2D eigenvalue weighted by atomic mass is 9.93. The number of amides is 1. The normalized spacial score (nSPS) is 19.0. The van der Waals surface area contributed by atoms with Crippen LogP contribution in [0.5, 0.6) is 5.75 Å². The Hall–Kier alpha value is -2.57. The SMILES string of the molecule is CCCC1CC(NC(=O)C(C)(C)Oc2ccc(Cl)cc2C(F)(F)F)CCN1c1ccc(S(N)(=O)=O)cn1. The van der Waals surface area contributed by atoms with Crippen LogP contribution in [0.25, 0.3) is 0 Å². The van der Waals surface area contributed by atoms with Crippen molar-refractivity contribution < 1.29 is 31.1 Å². The summed E-state index contributed by atoms with van der Waals surface area (Å²) in [5.74, 6) is -0.425. The molecule has 0 spiro atoms. The van der Waals surface area contributed by atoms with Crippen molar-refractivity contribution in [2.75, 3.05) is 11.4 Å². The number of benzene rings is 1. The number of piperidine rings is 1. The van der Waals surface area contributed by atoms with Crippen LogP contribution in [0.15, 0.2) is 41.4 Å². The Kier molecular flexibility index (Phi) is 8.65. The van der Waals surface area contributed by atoms with E-state index in [1.807, 2.05) is 6.92 Å². The molecule has 1 aromatic carbocycles. The third-order valence-corrected chi connectivity index (χ3v) is 7.31. The molecule has 8 nitrogen and oxygen atoms in total. The molecule has 1 amide bonds. The average Bonchev–Trinajstić information content (AvgIpc) is 2.79. The number of anilines is 1. The number of sulfonamides is 1. The Morgan fingerprint density at radius 3 is 2.54 bits per heavy atom. The van der Waals surface area contributed by atoms with E-state index in [-0.39, 0.29) is 22.0 Å². The topological polar surface area (TPSA) is 115 Å². The number of nitrogens with two attached hydrogens (primary N) is 1. The highest BCUT2D eigenvalue weighted by atomic mass is 35.5. The highest BCUT2D eigenvalue weighted by molar-refractivity contribution is 7.89. The molecule has 2 heterocycles. The molecule has 3 rings (SSSR count). The van der Waals surface area contributed by atoms with Crippen LogP contribution in [-0.4, -0.2) is 43.5 Å². The molecule has 0 radical (unpaired) electrons. The van der Waals surface area contributed by atoms with Crippen LogP contribution in [0.3, 0.4) is 0 Å². The Morgan fingerprint density at radius 2 is 1.97 bits per heavy atom. The van der Waals surface area contributed by atoms with Crippen LogP contribution in [0.4, 0.5) is 19.0 Å². The minimum absolute atomic E-state index is 0.00834. The van der Waals surface area contributed by atoms with E-state index in [9.17, 15) is 26.4 Å². The Balaban J connectivity index is 1.71. The zero-order valence-electron chi connectivity index (χ0n) is 20.7. The van der Waals surface area contributed by atoms with Gasteiger partial charge in [0, 0.05) is 29.8 Å². The van der Waals surface area contributed by atoms with Gasteiger partial charge in [0.05, 0.1) is 5.56 Å². The van der Waals surface area contributed by atoms with Crippen LogP contribution in [0.1, 0.15) is 52.0 Å². The molecule has 204 valence electrons. The average molecular weight is 563 g/mol. The number of carbonyl (C=O) groups excluding carboxylic acids is 1. The first kappa shape index (κ1) is 29.0. The molecule has 0 aliphatic carbocycles. The number of rotatable bonds is 8. The second-order valence-electron chi connectivity index (χ2n) is 9.48. The standard InChI is InChI=1S/C24H30ClF3N4O4S/c1-4-5-17-13-16(10-11-32(17)21-9-7-18(14-30-21)37(29,34)35)31-22(33)23(2,3)36-20-8-6-15(25)12-19(20)24(26,27)28/h6-9,12,14,16-17H,4-5,10-11,13H2,1-3H3,(H,31,33)(H2,29,34,35). The quantitative estimate of drug-likeness (QED) is 0.489. The first-order chi connectivity index (χ1) is 17.1. The van der Waals surface area contributed by atoms with Crippen LogP contribution in [0.2, 0.25) is 5.02 Å². The number of alkyl halides is 3. The predicted octanol–water partition coefficient (Wildman–Crippen LogP) is 4.51. The highest BCUT2D eigenvalue weighted by Gasteiger charge is 2.39. The number of carbonyl (C=O) groups is 1. The molecular formula is C24H30ClF3N4O4S. The van der Waals surface area contributed by atoms with Crippen molar-refractivity contribution in [1.82, 2.24) is 10.3 Å². The molecule has 0 saturated carbocycles. The van der Waals surface area contributed by atoms with Gasteiger partial charge >= 0.3 is 6.18 Å². The monoisotopic (exact) mass is 562 g/mol. The van der Waals surface area contributed by atoms with E-state index in [0.29, 0.717) is 25.2 Å². The highest BCUT2D eigenvalue weighted by Crippen LogP contribution is 2.39. The number of pyridine rings is 1. The summed E-state index contributed by atoms with van der Waals surface area (Å²) < 4.78 is 69.0. The van der Waals surface area contributed by atoms with Gasteiger partial charge in [-0.05, 0) is 63.4 Å². The lowest BCUT2D eigenvalue weighted by Gasteiger charge is -2.41. The molecule has 1 fully saturated rings. The number of hydrogen-bond acceptors (Lipinski definition) is 6. The first-order valence-electron chi connectivity index (χ1n) is 11.7. The second kappa shape index (κ2) is 11.0. The van der Waals surface area contributed by atoms with E-state index in [1.165, 1.54) is 32.2 Å². The lowest BCUT2D eigenvalue weighted by molar-refractivity contribution is -0.143. The van der Waals surface area contributed by atoms with Crippen molar-refractivity contribution in [3.8, 4) is 5.75 Å². The van der Waals surface area contributed by atoms with Crippen LogP contribution in [-0.2, 0) is 21.0 Å². The molecule has 37 heavy (non-hydrogen) atoms. The first-order valence-corrected chi connectivity index (χ1v) is 13.7. The largest absolute Gasteiger partial charge is 0.477 e. The molecule has 1 aliphatic rings. The Labute approximate surface area is 219 Å². The predicted molar refractivity (Wildman–Crippen MR) is 134 cm³/mol. The third kappa shape index (κ3) is 7.26. The van der Waals surface area contributed by atoms with E-state index in [2.05, 4.69) is 15.2 Å². The number of ether oxygens (including phenoxy) is 1. The molecule has 13 heteroatoms. The van der Waals surface area contributed by atoms with Gasteiger partial charge in [0.1, 0.15) is 16.5 Å². The van der Waals surface area contributed by atoms with Gasteiger partial charge in [-0.25, -0.2) is 18.5 Å². The maximum atomic E-state index is 13.5. The number of halogens is 4. The maximum absolute atomic E-state index is 13.5. The number of nitrogens with zero attached hydrogens (tertiary/aromatic N) is 2. The number of aromatic nitrogens is 1. The maximum Gasteiger partial charge on any atom is 0.420 e. The zero-order chi connectivity index (χ0) is 27.6. The van der Waals surface area contributed by atoms with Crippen molar-refractivity contribution in [2.45, 2.75) is 75.2 Å². The van der Waals surface area contributed by atoms with Crippen LogP contribution >= 0.6 is 11.6 Å². The molecule has 1 saturated heterocycles. The van der Waals surface area contributed by atoms with E-state index in [1.54, 1.807) is 6.07 Å². The lowest BCUT2D eigenvalue weighted by Crippen LogP contribution is -2.55. The van der Waals surface area contributed by atoms with Gasteiger partial charge in [-0.1, -0.05) is 24.9 Å². The van der Waals surface area contributed by atoms with Crippen molar-refractivity contribution >= 4 is 33.3 Å². The van der Waals surface area contributed by atoms with Gasteiger partial charge < -0.3 is 15.0 Å². The molecule has 2 atom stereocenters. The van der Waals surface area contributed by atoms with Crippen molar-refractivity contribution in [3.05, 3.63) is 47.1 Å². The molecule has 3 N–H and O–H groups in total. The van der Waals surface area contributed by atoms with Gasteiger partial charge in [0.25, 0.3) is 5.91 Å². The summed E-state index contributed by atoms with van der Waals surface area (Å²) in [5, 5.41) is 7.98. The summed E-state index contributed by atoms with van der Waals surface area (Å²) >= 11 is 5.73. The van der Waals surface area contributed by atoms with E-state index >= 15 is 0 Å². The third-order valence-electron chi connectivity index (χ3n) is 6.18. The van der Waals surface area contributed by atoms with Crippen LogP contribution in [0, 0.1) is 0 Å². The summed E-state index contributed by atoms with van der Waals surface area (Å²) in [4.78, 5) is 19.3. The van der Waals surface area contributed by atoms with Gasteiger partial charge in [-0.15, -0.1) is 0 Å². The fraction of sp³-hybridized carbons (Fsp3) is 0.500. The van der Waals surface area contributed by atoms with Gasteiger partial charge in [-0.3, -0.25) is 4.79 Å². The van der Waals surface area contributed by atoms with Gasteiger partial charge in [0.2, 0.25) is 10.0 Å². The summed E-state index contributed by atoms with van der Waals surface area (Å²) in [6.07, 6.45) is -0.702. The van der Waals surface area contributed by atoms with Crippen molar-refractivity contribution in [1.29, 1.82) is 0 Å². The number of primary sulfonamides is 1. The summed E-state index contributed by atoms with van der Waals surface area (Å²) in [6.45, 7) is 5.38. The second-order valence-corrected chi connectivity index (χ2v) is 11.5. The van der Waals surface area contributed by atoms with E-state index in [0.717, 1.165) is 25.0 Å². The Bertz CT molecular complexity index is 1220. The smallest absolute Gasteiger partial charge is 0.420 e. The fourth-order valence-electron chi connectivity index (χ4n) is 4.29. The Morgan fingerprint density at radius 1 is 1.27 bits per heavy atom. The van der Waals surface area contributed by atoms with Gasteiger partial charge in [0.15, 0.2) is 5.60 Å². The summed E-state index contributed by atoms with van der Waals surface area (Å²) in [7, 11) is -3.86. The van der Waals surface area contributed by atoms with Crippen molar-refractivity contribution in [3.63, 3.8) is 0 Å². The molecule has 2 aromatic rings. The number of nitrogens with one attached hydrogen (secondary N) is 1. The minimum Gasteiger partial charge on any atom is -0.477 e.